The summed E-state index contributed by atoms with van der Waals surface area (Å²) in [5.74, 6) is 0.255. The molecule has 82 valence electrons. The molecule has 0 aliphatic heterocycles. The second-order valence-corrected chi connectivity index (χ2v) is 5.00. The molecule has 1 aromatic carbocycles. The van der Waals surface area contributed by atoms with Crippen molar-refractivity contribution in [1.29, 1.82) is 0 Å². The lowest BCUT2D eigenvalue weighted by atomic mass is 10.2. The molecule has 0 heterocycles. The van der Waals surface area contributed by atoms with Crippen LogP contribution >= 0.6 is 27.7 Å². The third-order valence-electron chi connectivity index (χ3n) is 1.77. The SMILES string of the molecule is NC(=O)CCSc1ccc(Br)cc1CF. The molecule has 1 amide bonds. The van der Waals surface area contributed by atoms with Crippen LogP contribution in [-0.2, 0) is 11.5 Å². The first-order chi connectivity index (χ1) is 7.13. The summed E-state index contributed by atoms with van der Waals surface area (Å²) in [6, 6.07) is 5.43. The average Bonchev–Trinajstić information content (AvgIpc) is 2.19. The van der Waals surface area contributed by atoms with Gasteiger partial charge < -0.3 is 5.73 Å². The fraction of sp³-hybridized carbons (Fsp3) is 0.300. The van der Waals surface area contributed by atoms with Crippen molar-refractivity contribution in [3.05, 3.63) is 28.2 Å². The summed E-state index contributed by atoms with van der Waals surface area (Å²) in [7, 11) is 0. The maximum Gasteiger partial charge on any atom is 0.218 e. The molecule has 0 saturated carbocycles. The van der Waals surface area contributed by atoms with E-state index in [1.807, 2.05) is 12.1 Å². The Morgan fingerprint density at radius 3 is 2.87 bits per heavy atom. The zero-order valence-electron chi connectivity index (χ0n) is 8.00. The highest BCUT2D eigenvalue weighted by Gasteiger charge is 2.04. The zero-order chi connectivity index (χ0) is 11.3. The van der Waals surface area contributed by atoms with Gasteiger partial charge >= 0.3 is 0 Å². The van der Waals surface area contributed by atoms with Crippen LogP contribution in [0.1, 0.15) is 12.0 Å². The average molecular weight is 292 g/mol. The minimum atomic E-state index is -0.502. The lowest BCUT2D eigenvalue weighted by molar-refractivity contribution is -0.117. The molecule has 0 unspecified atom stereocenters. The highest BCUT2D eigenvalue weighted by Crippen LogP contribution is 2.27. The van der Waals surface area contributed by atoms with Crippen LogP contribution in [-0.4, -0.2) is 11.7 Å². The van der Waals surface area contributed by atoms with Gasteiger partial charge in [0.05, 0.1) is 0 Å². The van der Waals surface area contributed by atoms with Crippen molar-refractivity contribution in [2.45, 2.75) is 18.0 Å². The van der Waals surface area contributed by atoms with E-state index < -0.39 is 6.67 Å². The van der Waals surface area contributed by atoms with Crippen molar-refractivity contribution >= 4 is 33.6 Å². The van der Waals surface area contributed by atoms with Crippen molar-refractivity contribution < 1.29 is 9.18 Å². The summed E-state index contributed by atoms with van der Waals surface area (Å²) in [6.07, 6.45) is 0.312. The van der Waals surface area contributed by atoms with Crippen LogP contribution in [0.3, 0.4) is 0 Å². The van der Waals surface area contributed by atoms with Gasteiger partial charge in [-0.05, 0) is 23.8 Å². The second-order valence-electron chi connectivity index (χ2n) is 2.95. The first-order valence-corrected chi connectivity index (χ1v) is 6.17. The number of benzene rings is 1. The highest BCUT2D eigenvalue weighted by atomic mass is 79.9. The molecule has 0 aliphatic rings. The lowest BCUT2D eigenvalue weighted by Gasteiger charge is -2.05. The summed E-state index contributed by atoms with van der Waals surface area (Å²) < 4.78 is 13.5. The van der Waals surface area contributed by atoms with Gasteiger partial charge in [0, 0.05) is 21.5 Å². The molecule has 0 radical (unpaired) electrons. The molecular weight excluding hydrogens is 281 g/mol. The Labute approximate surface area is 101 Å². The third-order valence-corrected chi connectivity index (χ3v) is 3.38. The van der Waals surface area contributed by atoms with Crippen LogP contribution in [0.2, 0.25) is 0 Å². The van der Waals surface area contributed by atoms with Gasteiger partial charge in [0.1, 0.15) is 6.67 Å². The Morgan fingerprint density at radius 2 is 2.27 bits per heavy atom. The molecule has 0 aliphatic carbocycles. The number of halogens is 2. The van der Waals surface area contributed by atoms with Gasteiger partial charge in [0.15, 0.2) is 0 Å². The second kappa shape index (κ2) is 6.12. The summed E-state index contributed by atoms with van der Waals surface area (Å²) in [5, 5.41) is 0. The van der Waals surface area contributed by atoms with Gasteiger partial charge in [-0.25, -0.2) is 4.39 Å². The molecule has 0 fully saturated rings. The monoisotopic (exact) mass is 291 g/mol. The fourth-order valence-electron chi connectivity index (χ4n) is 1.05. The first kappa shape index (κ1) is 12.5. The predicted molar refractivity (Wildman–Crippen MR) is 63.5 cm³/mol. The Bertz CT molecular complexity index is 359. The largest absolute Gasteiger partial charge is 0.370 e. The summed E-state index contributed by atoms with van der Waals surface area (Å²) in [6.45, 7) is -0.502. The number of thioether (sulfide) groups is 1. The molecule has 1 rings (SSSR count). The van der Waals surface area contributed by atoms with Crippen molar-refractivity contribution in [2.75, 3.05) is 5.75 Å². The number of alkyl halides is 1. The van der Waals surface area contributed by atoms with Crippen LogP contribution < -0.4 is 5.73 Å². The van der Waals surface area contributed by atoms with E-state index in [2.05, 4.69) is 15.9 Å². The Balaban J connectivity index is 2.63. The van der Waals surface area contributed by atoms with E-state index in [0.29, 0.717) is 17.7 Å². The normalized spacial score (nSPS) is 10.3. The van der Waals surface area contributed by atoms with Crippen LogP contribution in [0.4, 0.5) is 4.39 Å². The van der Waals surface area contributed by atoms with Gasteiger partial charge in [-0.1, -0.05) is 15.9 Å². The van der Waals surface area contributed by atoms with Gasteiger partial charge in [-0.2, -0.15) is 0 Å². The molecule has 0 bridgehead atoms. The van der Waals surface area contributed by atoms with E-state index in [0.717, 1.165) is 9.37 Å². The van der Waals surface area contributed by atoms with Crippen molar-refractivity contribution in [3.8, 4) is 0 Å². The summed E-state index contributed by atoms with van der Waals surface area (Å²) in [5.41, 5.74) is 5.66. The molecule has 0 spiro atoms. The maximum absolute atomic E-state index is 12.6. The summed E-state index contributed by atoms with van der Waals surface area (Å²) in [4.78, 5) is 11.4. The quantitative estimate of drug-likeness (QED) is 0.848. The molecule has 2 N–H and O–H groups in total. The van der Waals surface area contributed by atoms with E-state index in [9.17, 15) is 9.18 Å². The number of amides is 1. The van der Waals surface area contributed by atoms with Crippen LogP contribution in [0, 0.1) is 0 Å². The van der Waals surface area contributed by atoms with Crippen molar-refractivity contribution in [1.82, 2.24) is 0 Å². The van der Waals surface area contributed by atoms with Crippen molar-refractivity contribution in [2.24, 2.45) is 5.73 Å². The van der Waals surface area contributed by atoms with E-state index in [1.54, 1.807) is 6.07 Å². The number of rotatable bonds is 5. The molecule has 2 nitrogen and oxygen atoms in total. The number of carbonyl (C=O) groups excluding carboxylic acids is 1. The zero-order valence-corrected chi connectivity index (χ0v) is 10.4. The minimum Gasteiger partial charge on any atom is -0.370 e. The third kappa shape index (κ3) is 4.22. The van der Waals surface area contributed by atoms with E-state index in [1.165, 1.54) is 11.8 Å². The van der Waals surface area contributed by atoms with Crippen LogP contribution in [0.15, 0.2) is 27.6 Å². The molecule has 1 aromatic rings. The first-order valence-electron chi connectivity index (χ1n) is 4.39. The lowest BCUT2D eigenvalue weighted by Crippen LogP contribution is -2.10. The number of hydrogen-bond acceptors (Lipinski definition) is 2. The van der Waals surface area contributed by atoms with E-state index in [4.69, 9.17) is 5.73 Å². The maximum atomic E-state index is 12.6. The van der Waals surface area contributed by atoms with Gasteiger partial charge in [0.2, 0.25) is 5.91 Å². The highest BCUT2D eigenvalue weighted by molar-refractivity contribution is 9.10. The van der Waals surface area contributed by atoms with Gasteiger partial charge in [-0.3, -0.25) is 4.79 Å². The van der Waals surface area contributed by atoms with E-state index >= 15 is 0 Å². The fourth-order valence-corrected chi connectivity index (χ4v) is 2.45. The molecule has 0 aromatic heterocycles. The number of carbonyl (C=O) groups is 1. The number of nitrogens with two attached hydrogens (primary N) is 1. The molecular formula is C10H11BrFNOS. The Kier molecular flexibility index (Phi) is 5.11. The smallest absolute Gasteiger partial charge is 0.218 e. The molecule has 5 heteroatoms. The standard InChI is InChI=1S/C10H11BrFNOS/c11-8-1-2-9(7(5-8)6-12)15-4-3-10(13)14/h1-2,5H,3-4,6H2,(H2,13,14). The van der Waals surface area contributed by atoms with E-state index in [-0.39, 0.29) is 5.91 Å². The van der Waals surface area contributed by atoms with Crippen LogP contribution in [0.5, 0.6) is 0 Å². The molecule has 15 heavy (non-hydrogen) atoms. The van der Waals surface area contributed by atoms with Crippen molar-refractivity contribution in [3.63, 3.8) is 0 Å². The predicted octanol–water partition coefficient (Wildman–Crippen LogP) is 2.89. The molecule has 0 atom stereocenters. The Hall–Kier alpha value is -0.550. The minimum absolute atomic E-state index is 0.312. The summed E-state index contributed by atoms with van der Waals surface area (Å²) >= 11 is 4.73. The van der Waals surface area contributed by atoms with Crippen LogP contribution in [0.25, 0.3) is 0 Å². The Morgan fingerprint density at radius 1 is 1.53 bits per heavy atom. The topological polar surface area (TPSA) is 43.1 Å². The van der Waals surface area contributed by atoms with Gasteiger partial charge in [-0.15, -0.1) is 11.8 Å². The number of primary amides is 1. The number of hydrogen-bond donors (Lipinski definition) is 1. The van der Waals surface area contributed by atoms with Gasteiger partial charge in [0.25, 0.3) is 0 Å². The molecule has 0 saturated heterocycles.